The molecule has 3 rings (SSSR count). The van der Waals surface area contributed by atoms with Crippen LogP contribution in [0.3, 0.4) is 0 Å². The topological polar surface area (TPSA) is 82.0 Å². The number of nitrogens with zero attached hydrogens (tertiary/aromatic N) is 1. The molecule has 0 aromatic heterocycles. The minimum atomic E-state index is -0.449. The average molecular weight is 354 g/mol. The molecule has 0 bridgehead atoms. The minimum absolute atomic E-state index is 0.120. The molecule has 1 heterocycles. The predicted molar refractivity (Wildman–Crippen MR) is 93.7 cm³/mol. The van der Waals surface area contributed by atoms with Gasteiger partial charge in [0.1, 0.15) is 0 Å². The number of carbonyl (C=O) groups excluding carboxylic acids is 2. The van der Waals surface area contributed by atoms with Crippen molar-refractivity contribution >= 4 is 23.4 Å². The van der Waals surface area contributed by atoms with Gasteiger partial charge in [-0.05, 0) is 35.4 Å². The second kappa shape index (κ2) is 7.37. The summed E-state index contributed by atoms with van der Waals surface area (Å²) in [5.74, 6) is -0.718. The first-order chi connectivity index (χ1) is 12.1. The monoisotopic (exact) mass is 353 g/mol. The van der Waals surface area contributed by atoms with Crippen molar-refractivity contribution in [3.8, 4) is 6.07 Å². The maximum absolute atomic E-state index is 12.6. The van der Waals surface area contributed by atoms with Gasteiger partial charge in [-0.25, -0.2) is 0 Å². The molecule has 1 aliphatic heterocycles. The van der Waals surface area contributed by atoms with E-state index in [1.54, 1.807) is 30.3 Å². The lowest BCUT2D eigenvalue weighted by atomic mass is 9.96. The Bertz CT molecular complexity index is 860. The van der Waals surface area contributed by atoms with Crippen LogP contribution in [0, 0.1) is 17.2 Å². The first kappa shape index (κ1) is 17.0. The number of nitriles is 1. The zero-order valence-corrected chi connectivity index (χ0v) is 14.1. The van der Waals surface area contributed by atoms with Gasteiger partial charge in [0, 0.05) is 18.0 Å². The molecule has 1 fully saturated rings. The summed E-state index contributed by atoms with van der Waals surface area (Å²) < 4.78 is 0. The van der Waals surface area contributed by atoms with Crippen molar-refractivity contribution in [3.63, 3.8) is 0 Å². The zero-order chi connectivity index (χ0) is 17.8. The van der Waals surface area contributed by atoms with Gasteiger partial charge in [-0.2, -0.15) is 5.26 Å². The molecule has 1 aliphatic rings. The number of carbonyl (C=O) groups is 2. The molecular formula is C19H16ClN3O2. The molecule has 2 amide bonds. The highest BCUT2D eigenvalue weighted by Crippen LogP contribution is 2.26. The second-order valence-electron chi connectivity index (χ2n) is 5.94. The summed E-state index contributed by atoms with van der Waals surface area (Å²) in [4.78, 5) is 24.0. The van der Waals surface area contributed by atoms with Crippen molar-refractivity contribution in [2.45, 2.75) is 12.5 Å². The zero-order valence-electron chi connectivity index (χ0n) is 13.3. The van der Waals surface area contributed by atoms with Gasteiger partial charge in [-0.3, -0.25) is 9.59 Å². The van der Waals surface area contributed by atoms with Crippen LogP contribution in [-0.2, 0) is 9.59 Å². The second-order valence-corrected chi connectivity index (χ2v) is 6.38. The highest BCUT2D eigenvalue weighted by Gasteiger charge is 2.30. The molecular weight excluding hydrogens is 338 g/mol. The normalized spacial score (nSPS) is 17.4. The molecule has 6 heteroatoms. The van der Waals surface area contributed by atoms with Crippen LogP contribution in [0.4, 0.5) is 0 Å². The highest BCUT2D eigenvalue weighted by atomic mass is 35.5. The van der Waals surface area contributed by atoms with E-state index in [-0.39, 0.29) is 18.2 Å². The third-order valence-corrected chi connectivity index (χ3v) is 4.40. The quantitative estimate of drug-likeness (QED) is 0.886. The molecule has 2 aromatic rings. The molecule has 0 aliphatic carbocycles. The van der Waals surface area contributed by atoms with Crippen molar-refractivity contribution in [2.75, 3.05) is 6.54 Å². The van der Waals surface area contributed by atoms with E-state index >= 15 is 0 Å². The van der Waals surface area contributed by atoms with Crippen molar-refractivity contribution in [1.29, 1.82) is 5.26 Å². The van der Waals surface area contributed by atoms with E-state index in [1.807, 2.05) is 18.2 Å². The number of benzene rings is 2. The van der Waals surface area contributed by atoms with Crippen molar-refractivity contribution in [1.82, 2.24) is 10.6 Å². The number of hydrogen-bond donors (Lipinski definition) is 2. The maximum atomic E-state index is 12.6. The largest absolute Gasteiger partial charge is 0.355 e. The molecule has 5 nitrogen and oxygen atoms in total. The molecule has 0 radical (unpaired) electrons. The van der Waals surface area contributed by atoms with E-state index in [9.17, 15) is 9.59 Å². The Kier molecular flexibility index (Phi) is 5.01. The van der Waals surface area contributed by atoms with E-state index in [0.717, 1.165) is 11.1 Å². The Hall–Kier alpha value is -2.84. The Morgan fingerprint density at radius 1 is 1.24 bits per heavy atom. The number of rotatable bonds is 4. The van der Waals surface area contributed by atoms with Crippen molar-refractivity contribution in [3.05, 3.63) is 70.2 Å². The lowest BCUT2D eigenvalue weighted by Crippen LogP contribution is -2.35. The third kappa shape index (κ3) is 3.98. The molecule has 1 unspecified atom stereocenters. The molecule has 2 aromatic carbocycles. The molecule has 1 saturated heterocycles. The van der Waals surface area contributed by atoms with Gasteiger partial charge in [0.25, 0.3) is 0 Å². The lowest BCUT2D eigenvalue weighted by Gasteiger charge is -2.22. The van der Waals surface area contributed by atoms with Gasteiger partial charge >= 0.3 is 0 Å². The third-order valence-electron chi connectivity index (χ3n) is 4.17. The van der Waals surface area contributed by atoms with Crippen LogP contribution in [0.5, 0.6) is 0 Å². The minimum Gasteiger partial charge on any atom is -0.355 e. The van der Waals surface area contributed by atoms with Crippen LogP contribution in [-0.4, -0.2) is 18.4 Å². The van der Waals surface area contributed by atoms with Gasteiger partial charge in [0.2, 0.25) is 11.8 Å². The summed E-state index contributed by atoms with van der Waals surface area (Å²) in [6.07, 6.45) is 0.187. The van der Waals surface area contributed by atoms with Crippen LogP contribution >= 0.6 is 11.6 Å². The summed E-state index contributed by atoms with van der Waals surface area (Å²) in [5.41, 5.74) is 2.11. The van der Waals surface area contributed by atoms with Crippen LogP contribution < -0.4 is 10.6 Å². The van der Waals surface area contributed by atoms with E-state index in [0.29, 0.717) is 17.1 Å². The van der Waals surface area contributed by atoms with Crippen LogP contribution in [0.15, 0.2) is 48.5 Å². The summed E-state index contributed by atoms with van der Waals surface area (Å²) in [5, 5.41) is 15.4. The standard InChI is InChI=1S/C19H16ClN3O2/c20-16-6-2-5-14(8-16)18(13-4-1-3-12(7-13)10-21)23-19(25)15-9-17(24)22-11-15/h1-8,15,18H,9,11H2,(H,22,24)(H,23,25)/t15-,18?/m0/s1. The van der Waals surface area contributed by atoms with Gasteiger partial charge in [-0.15, -0.1) is 0 Å². The predicted octanol–water partition coefficient (Wildman–Crippen LogP) is 2.55. The van der Waals surface area contributed by atoms with Crippen molar-refractivity contribution < 1.29 is 9.59 Å². The number of amides is 2. The lowest BCUT2D eigenvalue weighted by molar-refractivity contribution is -0.126. The SMILES string of the molecule is N#Cc1cccc(C(NC(=O)[C@@H]2CNC(=O)C2)c2cccc(Cl)c2)c1. The van der Waals surface area contributed by atoms with Gasteiger partial charge in [-0.1, -0.05) is 35.9 Å². The fourth-order valence-electron chi connectivity index (χ4n) is 2.88. The Balaban J connectivity index is 1.93. The first-order valence-electron chi connectivity index (χ1n) is 7.89. The number of hydrogen-bond acceptors (Lipinski definition) is 3. The van der Waals surface area contributed by atoms with Crippen LogP contribution in [0.1, 0.15) is 29.2 Å². The first-order valence-corrected chi connectivity index (χ1v) is 8.27. The fraction of sp³-hybridized carbons (Fsp3) is 0.211. The molecule has 0 saturated carbocycles. The van der Waals surface area contributed by atoms with Crippen LogP contribution in [0.25, 0.3) is 0 Å². The maximum Gasteiger partial charge on any atom is 0.226 e. The molecule has 126 valence electrons. The Labute approximate surface area is 150 Å². The van der Waals surface area contributed by atoms with E-state index in [1.165, 1.54) is 0 Å². The van der Waals surface area contributed by atoms with E-state index < -0.39 is 12.0 Å². The summed E-state index contributed by atoms with van der Waals surface area (Å²) in [7, 11) is 0. The summed E-state index contributed by atoms with van der Waals surface area (Å²) in [6.45, 7) is 0.338. The number of halogens is 1. The van der Waals surface area contributed by atoms with E-state index in [4.69, 9.17) is 16.9 Å². The molecule has 0 spiro atoms. The van der Waals surface area contributed by atoms with Crippen LogP contribution in [0.2, 0.25) is 5.02 Å². The average Bonchev–Trinajstić information content (AvgIpc) is 3.06. The fourth-order valence-corrected chi connectivity index (χ4v) is 3.08. The van der Waals surface area contributed by atoms with E-state index in [2.05, 4.69) is 16.7 Å². The van der Waals surface area contributed by atoms with Gasteiger partial charge in [0.15, 0.2) is 0 Å². The van der Waals surface area contributed by atoms with Gasteiger partial charge < -0.3 is 10.6 Å². The van der Waals surface area contributed by atoms with Gasteiger partial charge in [0.05, 0.1) is 23.6 Å². The summed E-state index contributed by atoms with van der Waals surface area (Å²) >= 11 is 6.10. The highest BCUT2D eigenvalue weighted by molar-refractivity contribution is 6.30. The molecule has 25 heavy (non-hydrogen) atoms. The Morgan fingerprint density at radius 2 is 1.96 bits per heavy atom. The molecule has 2 N–H and O–H groups in total. The summed E-state index contributed by atoms with van der Waals surface area (Å²) in [6, 6.07) is 16.0. The smallest absolute Gasteiger partial charge is 0.226 e. The Morgan fingerprint density at radius 3 is 2.60 bits per heavy atom. The number of nitrogens with one attached hydrogen (secondary N) is 2. The van der Waals surface area contributed by atoms with Crippen molar-refractivity contribution in [2.24, 2.45) is 5.92 Å². The molecule has 2 atom stereocenters.